The highest BCUT2D eigenvalue weighted by molar-refractivity contribution is 5.56. The third-order valence-corrected chi connectivity index (χ3v) is 2.24. The zero-order chi connectivity index (χ0) is 13.1. The van der Waals surface area contributed by atoms with Gasteiger partial charge in [0.2, 0.25) is 0 Å². The van der Waals surface area contributed by atoms with Crippen molar-refractivity contribution in [2.45, 2.75) is 25.7 Å². The maximum atomic E-state index is 12.9. The molecule has 0 unspecified atom stereocenters. The number of nitrogens with one attached hydrogen (secondary N) is 1. The summed E-state index contributed by atoms with van der Waals surface area (Å²) in [6.45, 7) is 1.83. The van der Waals surface area contributed by atoms with Crippen molar-refractivity contribution in [2.24, 2.45) is 0 Å². The molecule has 0 amide bonds. The fourth-order valence-electron chi connectivity index (χ4n) is 1.39. The highest BCUT2D eigenvalue weighted by Crippen LogP contribution is 2.26. The molecule has 0 radical (unpaired) electrons. The predicted molar refractivity (Wildman–Crippen MR) is 61.1 cm³/mol. The van der Waals surface area contributed by atoms with Crippen LogP contribution in [0.25, 0.3) is 0 Å². The molecule has 0 aliphatic carbocycles. The van der Waals surface area contributed by atoms with Crippen molar-refractivity contribution in [3.63, 3.8) is 0 Å². The van der Waals surface area contributed by atoms with E-state index in [0.717, 1.165) is 0 Å². The van der Waals surface area contributed by atoms with E-state index in [4.69, 9.17) is 10.8 Å². The van der Waals surface area contributed by atoms with Gasteiger partial charge in [-0.05, 0) is 5.92 Å². The van der Waals surface area contributed by atoms with Crippen LogP contribution in [0.1, 0.15) is 25.3 Å². The Kier molecular flexibility index (Phi) is 4.17. The molecular formula is C10H16F2N4O. The second-order valence-electron chi connectivity index (χ2n) is 4.04. The summed E-state index contributed by atoms with van der Waals surface area (Å²) >= 11 is 0. The standard InChI is InChI=1S/C10H16F2N4O/c1-6(2)7-8(13)15-5-16-9(7)14-3-10(11,12)4-17/h5-6,17H,3-4H2,1-2H3,(H3,13,14,15,16). The second kappa shape index (κ2) is 5.22. The van der Waals surface area contributed by atoms with Crippen LogP contribution < -0.4 is 11.1 Å². The van der Waals surface area contributed by atoms with Crippen LogP contribution in [-0.2, 0) is 0 Å². The second-order valence-corrected chi connectivity index (χ2v) is 4.04. The zero-order valence-electron chi connectivity index (χ0n) is 9.74. The van der Waals surface area contributed by atoms with Crippen LogP contribution in [0.3, 0.4) is 0 Å². The van der Waals surface area contributed by atoms with E-state index >= 15 is 0 Å². The Bertz CT molecular complexity index is 385. The van der Waals surface area contributed by atoms with Crippen molar-refractivity contribution in [3.05, 3.63) is 11.9 Å². The van der Waals surface area contributed by atoms with Crippen molar-refractivity contribution in [3.8, 4) is 0 Å². The van der Waals surface area contributed by atoms with Crippen molar-refractivity contribution < 1.29 is 13.9 Å². The molecule has 0 spiro atoms. The first kappa shape index (κ1) is 13.6. The third-order valence-electron chi connectivity index (χ3n) is 2.24. The molecule has 0 saturated heterocycles. The van der Waals surface area contributed by atoms with Gasteiger partial charge in [0.05, 0.1) is 6.54 Å². The lowest BCUT2D eigenvalue weighted by atomic mass is 10.0. The lowest BCUT2D eigenvalue weighted by molar-refractivity contribution is -0.0373. The molecule has 0 aliphatic heterocycles. The Balaban J connectivity index is 2.88. The van der Waals surface area contributed by atoms with E-state index in [1.54, 1.807) is 0 Å². The number of aromatic nitrogens is 2. The molecule has 0 aliphatic rings. The van der Waals surface area contributed by atoms with Crippen molar-refractivity contribution >= 4 is 11.6 Å². The number of alkyl halides is 2. The number of nitrogen functional groups attached to an aromatic ring is 1. The summed E-state index contributed by atoms with van der Waals surface area (Å²) in [4.78, 5) is 7.70. The third kappa shape index (κ3) is 3.48. The molecule has 1 aromatic rings. The number of hydrogen-bond donors (Lipinski definition) is 3. The number of hydrogen-bond acceptors (Lipinski definition) is 5. The zero-order valence-corrected chi connectivity index (χ0v) is 9.74. The molecule has 17 heavy (non-hydrogen) atoms. The number of rotatable bonds is 5. The van der Waals surface area contributed by atoms with Crippen molar-refractivity contribution in [1.82, 2.24) is 9.97 Å². The largest absolute Gasteiger partial charge is 0.390 e. The maximum absolute atomic E-state index is 12.9. The quantitative estimate of drug-likeness (QED) is 0.727. The van der Waals surface area contributed by atoms with E-state index in [9.17, 15) is 8.78 Å². The number of halogens is 2. The van der Waals surface area contributed by atoms with E-state index in [-0.39, 0.29) is 17.6 Å². The van der Waals surface area contributed by atoms with Crippen LogP contribution in [0, 0.1) is 0 Å². The molecule has 4 N–H and O–H groups in total. The Morgan fingerprint density at radius 3 is 2.65 bits per heavy atom. The number of aliphatic hydroxyl groups excluding tert-OH is 1. The van der Waals surface area contributed by atoms with Gasteiger partial charge in [0.25, 0.3) is 5.92 Å². The SMILES string of the molecule is CC(C)c1c(N)ncnc1NCC(F)(F)CO. The van der Waals surface area contributed by atoms with Crippen LogP contribution in [0.4, 0.5) is 20.4 Å². The summed E-state index contributed by atoms with van der Waals surface area (Å²) in [6, 6.07) is 0. The van der Waals surface area contributed by atoms with E-state index in [0.29, 0.717) is 5.56 Å². The lowest BCUT2D eigenvalue weighted by Crippen LogP contribution is -2.31. The average molecular weight is 246 g/mol. The molecule has 0 atom stereocenters. The first-order chi connectivity index (χ1) is 7.87. The van der Waals surface area contributed by atoms with Crippen LogP contribution in [0.2, 0.25) is 0 Å². The maximum Gasteiger partial charge on any atom is 0.287 e. The number of nitrogens with zero attached hydrogens (tertiary/aromatic N) is 2. The Labute approximate surface area is 98.1 Å². The summed E-state index contributed by atoms with van der Waals surface area (Å²) in [5.74, 6) is -2.62. The summed E-state index contributed by atoms with van der Waals surface area (Å²) in [5, 5.41) is 10.9. The van der Waals surface area contributed by atoms with Gasteiger partial charge in [-0.25, -0.2) is 18.7 Å². The van der Waals surface area contributed by atoms with Crippen molar-refractivity contribution in [2.75, 3.05) is 24.2 Å². The topological polar surface area (TPSA) is 84.1 Å². The molecule has 1 rings (SSSR count). The monoisotopic (exact) mass is 246 g/mol. The van der Waals surface area contributed by atoms with E-state index < -0.39 is 19.1 Å². The summed E-state index contributed by atoms with van der Waals surface area (Å²) in [5.41, 5.74) is 6.26. The van der Waals surface area contributed by atoms with E-state index in [2.05, 4.69) is 15.3 Å². The minimum absolute atomic E-state index is 0.0152. The van der Waals surface area contributed by atoms with Gasteiger partial charge >= 0.3 is 0 Å². The van der Waals surface area contributed by atoms with Gasteiger partial charge in [0.1, 0.15) is 24.6 Å². The highest BCUT2D eigenvalue weighted by Gasteiger charge is 2.28. The van der Waals surface area contributed by atoms with E-state index in [1.165, 1.54) is 6.33 Å². The smallest absolute Gasteiger partial charge is 0.287 e. The minimum Gasteiger partial charge on any atom is -0.390 e. The summed E-state index contributed by atoms with van der Waals surface area (Å²) in [7, 11) is 0. The summed E-state index contributed by atoms with van der Waals surface area (Å²) in [6.07, 6.45) is 1.21. The molecule has 0 saturated carbocycles. The number of nitrogens with two attached hydrogens (primary N) is 1. The molecule has 7 heteroatoms. The van der Waals surface area contributed by atoms with Crippen LogP contribution in [0.15, 0.2) is 6.33 Å². The lowest BCUT2D eigenvalue weighted by Gasteiger charge is -2.18. The highest BCUT2D eigenvalue weighted by atomic mass is 19.3. The van der Waals surface area contributed by atoms with Gasteiger partial charge in [-0.15, -0.1) is 0 Å². The summed E-state index contributed by atoms with van der Waals surface area (Å²) < 4.78 is 25.8. The van der Waals surface area contributed by atoms with Crippen LogP contribution in [0.5, 0.6) is 0 Å². The first-order valence-electron chi connectivity index (χ1n) is 5.20. The van der Waals surface area contributed by atoms with Gasteiger partial charge in [0.15, 0.2) is 0 Å². The molecule has 5 nitrogen and oxygen atoms in total. The van der Waals surface area contributed by atoms with E-state index in [1.807, 2.05) is 13.8 Å². The number of anilines is 2. The predicted octanol–water partition coefficient (Wildman–Crippen LogP) is 1.22. The van der Waals surface area contributed by atoms with Crippen LogP contribution in [-0.4, -0.2) is 34.1 Å². The van der Waals surface area contributed by atoms with Gasteiger partial charge in [-0.2, -0.15) is 0 Å². The fraction of sp³-hybridized carbons (Fsp3) is 0.600. The normalized spacial score (nSPS) is 11.9. The van der Waals surface area contributed by atoms with Gasteiger partial charge in [-0.1, -0.05) is 13.8 Å². The Hall–Kier alpha value is -1.50. The molecule has 0 fully saturated rings. The Morgan fingerprint density at radius 2 is 2.12 bits per heavy atom. The average Bonchev–Trinajstić information content (AvgIpc) is 2.26. The molecule has 0 aromatic carbocycles. The molecule has 1 heterocycles. The van der Waals surface area contributed by atoms with Gasteiger partial charge in [0, 0.05) is 5.56 Å². The first-order valence-corrected chi connectivity index (χ1v) is 5.20. The van der Waals surface area contributed by atoms with Crippen molar-refractivity contribution in [1.29, 1.82) is 0 Å². The van der Waals surface area contributed by atoms with Gasteiger partial charge in [-0.3, -0.25) is 0 Å². The molecule has 0 bridgehead atoms. The minimum atomic E-state index is -3.19. The van der Waals surface area contributed by atoms with Crippen LogP contribution >= 0.6 is 0 Å². The molecule has 96 valence electrons. The fourth-order valence-corrected chi connectivity index (χ4v) is 1.39. The number of aliphatic hydroxyl groups is 1. The molecule has 1 aromatic heterocycles. The van der Waals surface area contributed by atoms with Gasteiger partial charge < -0.3 is 16.2 Å². The molecular weight excluding hydrogens is 230 g/mol. The Morgan fingerprint density at radius 1 is 1.47 bits per heavy atom.